The Morgan fingerprint density at radius 3 is 2.65 bits per heavy atom. The fourth-order valence-electron chi connectivity index (χ4n) is 3.44. The van der Waals surface area contributed by atoms with Crippen molar-refractivity contribution in [2.45, 2.75) is 45.1 Å². The summed E-state index contributed by atoms with van der Waals surface area (Å²) in [6, 6.07) is 9.05. The highest BCUT2D eigenvalue weighted by molar-refractivity contribution is 5.62. The third-order valence-electron chi connectivity index (χ3n) is 4.49. The molecule has 0 saturated carbocycles. The van der Waals surface area contributed by atoms with Crippen LogP contribution in [0.4, 0.5) is 0 Å². The lowest BCUT2D eigenvalue weighted by Gasteiger charge is -2.36. The summed E-state index contributed by atoms with van der Waals surface area (Å²) in [5.41, 5.74) is 3.07. The predicted octanol–water partition coefficient (Wildman–Crippen LogP) is 3.42. The number of ether oxygens (including phenoxy) is 1. The van der Waals surface area contributed by atoms with Gasteiger partial charge in [0.15, 0.2) is 0 Å². The molecule has 0 radical (unpaired) electrons. The van der Waals surface area contributed by atoms with Gasteiger partial charge in [-0.1, -0.05) is 23.8 Å². The van der Waals surface area contributed by atoms with Crippen LogP contribution < -0.4 is 10.1 Å². The van der Waals surface area contributed by atoms with Crippen LogP contribution in [0.15, 0.2) is 35.9 Å². The molecule has 126 valence electrons. The van der Waals surface area contributed by atoms with Crippen molar-refractivity contribution in [2.75, 3.05) is 13.7 Å². The van der Waals surface area contributed by atoms with E-state index in [9.17, 15) is 0 Å². The molecule has 4 nitrogen and oxygen atoms in total. The van der Waals surface area contributed by atoms with E-state index in [-0.39, 0.29) is 0 Å². The van der Waals surface area contributed by atoms with E-state index in [1.807, 2.05) is 0 Å². The Labute approximate surface area is 138 Å². The van der Waals surface area contributed by atoms with Crippen molar-refractivity contribution < 1.29 is 14.6 Å². The second kappa shape index (κ2) is 8.73. The largest absolute Gasteiger partial charge is 0.497 e. The average molecular weight is 317 g/mol. The maximum Gasteiger partial charge on any atom is 0.300 e. The molecule has 2 unspecified atom stereocenters. The van der Waals surface area contributed by atoms with Crippen LogP contribution in [-0.2, 0) is 11.2 Å². The molecular weight excluding hydrogens is 290 g/mol. The number of hydrogen-bond donors (Lipinski definition) is 2. The number of methoxy groups -OCH3 is 1. The number of nitrogens with one attached hydrogen (secondary N) is 1. The molecule has 1 aliphatic heterocycles. The van der Waals surface area contributed by atoms with Crippen molar-refractivity contribution in [1.29, 1.82) is 0 Å². The molecule has 0 spiro atoms. The topological polar surface area (TPSA) is 58.6 Å². The van der Waals surface area contributed by atoms with Crippen molar-refractivity contribution in [2.24, 2.45) is 5.92 Å². The Balaban J connectivity index is 0.000000433. The molecule has 1 saturated heterocycles. The van der Waals surface area contributed by atoms with Crippen molar-refractivity contribution in [3.8, 4) is 5.75 Å². The number of fused-ring (bicyclic) bond motifs is 1. The van der Waals surface area contributed by atoms with E-state index in [1.165, 1.54) is 37.8 Å². The number of aliphatic carboxylic acids is 1. The smallest absolute Gasteiger partial charge is 0.300 e. The molecule has 0 aromatic heterocycles. The van der Waals surface area contributed by atoms with Gasteiger partial charge >= 0.3 is 0 Å². The fraction of sp³-hybridized carbons (Fsp3) is 0.526. The van der Waals surface area contributed by atoms with Gasteiger partial charge in [-0.05, 0) is 62.3 Å². The molecule has 4 heteroatoms. The second-order valence-corrected chi connectivity index (χ2v) is 6.20. The summed E-state index contributed by atoms with van der Waals surface area (Å²) in [4.78, 5) is 9.00. The van der Waals surface area contributed by atoms with Gasteiger partial charge in [0.2, 0.25) is 0 Å². The molecule has 1 aliphatic carbocycles. The van der Waals surface area contributed by atoms with Crippen LogP contribution in [0.5, 0.6) is 5.75 Å². The third-order valence-corrected chi connectivity index (χ3v) is 4.49. The molecule has 0 amide bonds. The van der Waals surface area contributed by atoms with Crippen LogP contribution in [0.1, 0.15) is 38.2 Å². The fourth-order valence-corrected chi connectivity index (χ4v) is 3.44. The molecule has 1 heterocycles. The Kier molecular flexibility index (Phi) is 6.66. The van der Waals surface area contributed by atoms with E-state index in [0.717, 1.165) is 25.0 Å². The van der Waals surface area contributed by atoms with Crippen molar-refractivity contribution in [3.05, 3.63) is 41.5 Å². The second-order valence-electron chi connectivity index (χ2n) is 6.20. The highest BCUT2D eigenvalue weighted by atomic mass is 16.5. The molecule has 1 fully saturated rings. The van der Waals surface area contributed by atoms with Crippen LogP contribution in [-0.4, -0.2) is 30.8 Å². The summed E-state index contributed by atoms with van der Waals surface area (Å²) < 4.78 is 5.22. The number of rotatable bonds is 3. The number of carbonyl (C=O) groups is 1. The minimum atomic E-state index is -0.833. The van der Waals surface area contributed by atoms with Gasteiger partial charge in [-0.3, -0.25) is 4.79 Å². The Hall–Kier alpha value is -1.81. The van der Waals surface area contributed by atoms with E-state index in [0.29, 0.717) is 6.04 Å². The lowest BCUT2D eigenvalue weighted by molar-refractivity contribution is -0.134. The maximum absolute atomic E-state index is 9.00. The summed E-state index contributed by atoms with van der Waals surface area (Å²) in [6.07, 6.45) is 8.97. The maximum atomic E-state index is 9.00. The lowest BCUT2D eigenvalue weighted by atomic mass is 9.77. The zero-order valence-corrected chi connectivity index (χ0v) is 14.0. The van der Waals surface area contributed by atoms with Crippen molar-refractivity contribution in [3.63, 3.8) is 0 Å². The zero-order chi connectivity index (χ0) is 16.7. The number of benzene rings is 1. The summed E-state index contributed by atoms with van der Waals surface area (Å²) in [5.74, 6) is 0.952. The van der Waals surface area contributed by atoms with E-state index >= 15 is 0 Å². The van der Waals surface area contributed by atoms with Crippen LogP contribution in [0.25, 0.3) is 0 Å². The van der Waals surface area contributed by atoms with Crippen molar-refractivity contribution in [1.82, 2.24) is 5.32 Å². The lowest BCUT2D eigenvalue weighted by Crippen LogP contribution is -2.42. The normalized spacial score (nSPS) is 23.0. The van der Waals surface area contributed by atoms with Crippen molar-refractivity contribution >= 4 is 5.97 Å². The van der Waals surface area contributed by atoms with Gasteiger partial charge in [-0.15, -0.1) is 0 Å². The zero-order valence-electron chi connectivity index (χ0n) is 14.0. The summed E-state index contributed by atoms with van der Waals surface area (Å²) in [6.45, 7) is 2.25. The molecular formula is C19H27NO3. The van der Waals surface area contributed by atoms with Crippen LogP contribution >= 0.6 is 0 Å². The molecule has 1 aromatic carbocycles. The van der Waals surface area contributed by atoms with Gasteiger partial charge in [0.05, 0.1) is 7.11 Å². The third kappa shape index (κ3) is 5.39. The number of piperidine rings is 1. The van der Waals surface area contributed by atoms with Gasteiger partial charge < -0.3 is 15.2 Å². The highest BCUT2D eigenvalue weighted by Crippen LogP contribution is 2.33. The standard InChI is InChI=1S/C17H23NO.C2H4O2/c1-19-15-8-6-13(7-9-15)12-17-16-5-3-2-4-14(16)10-11-18-17;1-2(3)4/h5-9,14,17-18H,2-4,10-12H2,1H3;1H3,(H,3,4). The number of carboxylic acids is 1. The highest BCUT2D eigenvalue weighted by Gasteiger charge is 2.28. The number of allylic oxidation sites excluding steroid dienone is 1. The monoisotopic (exact) mass is 317 g/mol. The summed E-state index contributed by atoms with van der Waals surface area (Å²) in [7, 11) is 1.72. The number of carboxylic acid groups (broad SMARTS) is 1. The first-order chi connectivity index (χ1) is 11.1. The van der Waals surface area contributed by atoms with Gasteiger partial charge in [0, 0.05) is 13.0 Å². The van der Waals surface area contributed by atoms with Gasteiger partial charge in [-0.25, -0.2) is 0 Å². The Morgan fingerprint density at radius 1 is 1.30 bits per heavy atom. The van der Waals surface area contributed by atoms with E-state index in [2.05, 4.69) is 35.7 Å². The van der Waals surface area contributed by atoms with Crippen LogP contribution in [0.2, 0.25) is 0 Å². The predicted molar refractivity (Wildman–Crippen MR) is 91.8 cm³/mol. The first kappa shape index (κ1) is 17.5. The van der Waals surface area contributed by atoms with E-state index in [4.69, 9.17) is 14.6 Å². The molecule has 1 aromatic rings. The van der Waals surface area contributed by atoms with Gasteiger partial charge in [-0.2, -0.15) is 0 Å². The molecule has 2 aliphatic rings. The summed E-state index contributed by atoms with van der Waals surface area (Å²) >= 11 is 0. The molecule has 3 rings (SSSR count). The molecule has 23 heavy (non-hydrogen) atoms. The van der Waals surface area contributed by atoms with Gasteiger partial charge in [0.1, 0.15) is 5.75 Å². The van der Waals surface area contributed by atoms with Crippen LogP contribution in [0.3, 0.4) is 0 Å². The minimum absolute atomic E-state index is 0.549. The Morgan fingerprint density at radius 2 is 2.00 bits per heavy atom. The molecule has 2 N–H and O–H groups in total. The van der Waals surface area contributed by atoms with Gasteiger partial charge in [0.25, 0.3) is 5.97 Å². The van der Waals surface area contributed by atoms with E-state index < -0.39 is 5.97 Å². The quantitative estimate of drug-likeness (QED) is 0.839. The van der Waals surface area contributed by atoms with E-state index in [1.54, 1.807) is 12.7 Å². The first-order valence-electron chi connectivity index (χ1n) is 8.36. The average Bonchev–Trinajstić information content (AvgIpc) is 2.55. The molecule has 2 atom stereocenters. The summed E-state index contributed by atoms with van der Waals surface area (Å²) in [5, 5.41) is 11.1. The Bertz CT molecular complexity index is 532. The SMILES string of the molecule is CC(=O)O.COc1ccc(CC2NCCC3CCCC=C32)cc1. The minimum Gasteiger partial charge on any atom is -0.497 e. The molecule has 0 bridgehead atoms. The number of hydrogen-bond acceptors (Lipinski definition) is 3. The van der Waals surface area contributed by atoms with Crippen LogP contribution in [0, 0.1) is 5.92 Å². The first-order valence-corrected chi connectivity index (χ1v) is 8.36.